The van der Waals surface area contributed by atoms with Crippen molar-refractivity contribution in [2.75, 3.05) is 0 Å². The summed E-state index contributed by atoms with van der Waals surface area (Å²) in [5.41, 5.74) is 0. The molecule has 0 fully saturated rings. The number of aliphatic carboxylic acids is 1. The first-order valence-corrected chi connectivity index (χ1v) is 3.67. The van der Waals surface area contributed by atoms with Crippen molar-refractivity contribution < 1.29 is 14.8 Å². The van der Waals surface area contributed by atoms with E-state index in [-0.39, 0.29) is 18.1 Å². The molecular formula is C7H7N3O4. The summed E-state index contributed by atoms with van der Waals surface area (Å²) in [7, 11) is 0. The Labute approximate surface area is 78.2 Å². The zero-order chi connectivity index (χ0) is 10.6. The number of carboxylic acids is 1. The largest absolute Gasteiger partial charge is 0.481 e. The predicted octanol–water partition coefficient (Wildman–Crippen LogP) is 0.806. The number of nitrogens with one attached hydrogen (secondary N) is 1. The maximum atomic E-state index is 10.2. The monoisotopic (exact) mass is 197 g/mol. The second kappa shape index (κ2) is 4.17. The van der Waals surface area contributed by atoms with Crippen LogP contribution in [0.1, 0.15) is 12.2 Å². The van der Waals surface area contributed by atoms with Gasteiger partial charge in [0.05, 0.1) is 6.42 Å². The third-order valence-corrected chi connectivity index (χ3v) is 1.35. The van der Waals surface area contributed by atoms with Gasteiger partial charge in [-0.2, -0.15) is 0 Å². The van der Waals surface area contributed by atoms with Gasteiger partial charge in [0.1, 0.15) is 6.20 Å². The maximum absolute atomic E-state index is 10.2. The second-order valence-corrected chi connectivity index (χ2v) is 2.41. The van der Waals surface area contributed by atoms with Crippen molar-refractivity contribution in [2.45, 2.75) is 6.42 Å². The number of H-pyrrole nitrogens is 1. The minimum absolute atomic E-state index is 0.144. The van der Waals surface area contributed by atoms with E-state index in [2.05, 4.69) is 9.97 Å². The number of rotatable bonds is 4. The lowest BCUT2D eigenvalue weighted by atomic mass is 10.4. The number of carboxylic acid groups (broad SMARTS) is 1. The van der Waals surface area contributed by atoms with Crippen molar-refractivity contribution in [2.24, 2.45) is 0 Å². The van der Waals surface area contributed by atoms with E-state index < -0.39 is 10.9 Å². The molecule has 1 heterocycles. The fourth-order valence-corrected chi connectivity index (χ4v) is 0.775. The Morgan fingerprint density at radius 2 is 2.50 bits per heavy atom. The first-order valence-electron chi connectivity index (χ1n) is 3.67. The molecule has 0 saturated carbocycles. The number of hydrogen-bond donors (Lipinski definition) is 2. The molecule has 1 aromatic heterocycles. The number of aromatic nitrogens is 2. The summed E-state index contributed by atoms with van der Waals surface area (Å²) in [6, 6.07) is 0. The van der Waals surface area contributed by atoms with E-state index in [1.54, 1.807) is 0 Å². The first-order chi connectivity index (χ1) is 6.59. The summed E-state index contributed by atoms with van der Waals surface area (Å²) in [5, 5.41) is 18.5. The van der Waals surface area contributed by atoms with Crippen molar-refractivity contribution in [1.29, 1.82) is 0 Å². The molecule has 0 aliphatic heterocycles. The number of nitro groups is 1. The van der Waals surface area contributed by atoms with Crippen molar-refractivity contribution in [3.8, 4) is 0 Å². The summed E-state index contributed by atoms with van der Waals surface area (Å²) in [4.78, 5) is 25.8. The summed E-state index contributed by atoms with van der Waals surface area (Å²) >= 11 is 0. The van der Waals surface area contributed by atoms with E-state index in [0.717, 1.165) is 6.20 Å². The molecule has 1 rings (SSSR count). The molecule has 0 unspecified atom stereocenters. The van der Waals surface area contributed by atoms with Crippen LogP contribution in [-0.4, -0.2) is 26.0 Å². The molecular weight excluding hydrogens is 190 g/mol. The predicted molar refractivity (Wildman–Crippen MR) is 46.5 cm³/mol. The first kappa shape index (κ1) is 9.90. The molecule has 2 N–H and O–H groups in total. The molecule has 0 amide bonds. The molecule has 0 bridgehead atoms. The van der Waals surface area contributed by atoms with Crippen LogP contribution >= 0.6 is 0 Å². The number of carbonyl (C=O) groups is 1. The maximum Gasteiger partial charge on any atom is 0.340 e. The summed E-state index contributed by atoms with van der Waals surface area (Å²) in [6.07, 6.45) is 3.65. The molecule has 7 heteroatoms. The number of hydrogen-bond acceptors (Lipinski definition) is 4. The fourth-order valence-electron chi connectivity index (χ4n) is 0.775. The Bertz CT molecular complexity index is 382. The van der Waals surface area contributed by atoms with E-state index in [4.69, 9.17) is 5.11 Å². The SMILES string of the molecule is O=C(O)CC=Cc1ncc([N+](=O)[O-])[nH]1. The van der Waals surface area contributed by atoms with Gasteiger partial charge in [0.15, 0.2) is 0 Å². The van der Waals surface area contributed by atoms with Crippen LogP contribution in [0.25, 0.3) is 6.08 Å². The van der Waals surface area contributed by atoms with Crippen LogP contribution in [-0.2, 0) is 4.79 Å². The lowest BCUT2D eigenvalue weighted by Crippen LogP contribution is -1.90. The molecule has 14 heavy (non-hydrogen) atoms. The third kappa shape index (κ3) is 2.70. The molecule has 0 radical (unpaired) electrons. The van der Waals surface area contributed by atoms with Crippen LogP contribution in [0.15, 0.2) is 12.3 Å². The topological polar surface area (TPSA) is 109 Å². The van der Waals surface area contributed by atoms with E-state index in [9.17, 15) is 14.9 Å². The number of aromatic amines is 1. The highest BCUT2D eigenvalue weighted by Gasteiger charge is 2.06. The van der Waals surface area contributed by atoms with E-state index in [0.29, 0.717) is 0 Å². The minimum atomic E-state index is -0.970. The normalized spacial score (nSPS) is 10.6. The van der Waals surface area contributed by atoms with E-state index >= 15 is 0 Å². The van der Waals surface area contributed by atoms with Gasteiger partial charge in [-0.3, -0.25) is 4.79 Å². The summed E-state index contributed by atoms with van der Waals surface area (Å²) in [6.45, 7) is 0. The van der Waals surface area contributed by atoms with Crippen LogP contribution < -0.4 is 0 Å². The van der Waals surface area contributed by atoms with E-state index in [1.807, 2.05) is 0 Å². The Morgan fingerprint density at radius 1 is 1.79 bits per heavy atom. The van der Waals surface area contributed by atoms with Gasteiger partial charge in [-0.15, -0.1) is 0 Å². The molecule has 0 aliphatic rings. The minimum Gasteiger partial charge on any atom is -0.481 e. The molecule has 0 aromatic carbocycles. The number of nitrogens with zero attached hydrogens (tertiary/aromatic N) is 2. The highest BCUT2D eigenvalue weighted by Crippen LogP contribution is 2.07. The molecule has 74 valence electrons. The number of imidazole rings is 1. The van der Waals surface area contributed by atoms with Gasteiger partial charge in [-0.1, -0.05) is 6.08 Å². The molecule has 7 nitrogen and oxygen atoms in total. The van der Waals surface area contributed by atoms with Crippen LogP contribution in [0.3, 0.4) is 0 Å². The van der Waals surface area contributed by atoms with Crippen LogP contribution in [0, 0.1) is 10.1 Å². The van der Waals surface area contributed by atoms with Gasteiger partial charge in [0, 0.05) is 6.08 Å². The Morgan fingerprint density at radius 3 is 3.00 bits per heavy atom. The highest BCUT2D eigenvalue weighted by atomic mass is 16.6. The second-order valence-electron chi connectivity index (χ2n) is 2.41. The fraction of sp³-hybridized carbons (Fsp3) is 0.143. The molecule has 0 atom stereocenters. The van der Waals surface area contributed by atoms with Crippen molar-refractivity contribution in [3.63, 3.8) is 0 Å². The van der Waals surface area contributed by atoms with Gasteiger partial charge in [-0.05, 0) is 4.92 Å². The molecule has 0 saturated heterocycles. The van der Waals surface area contributed by atoms with Crippen molar-refractivity contribution >= 4 is 17.9 Å². The van der Waals surface area contributed by atoms with Gasteiger partial charge >= 0.3 is 11.8 Å². The third-order valence-electron chi connectivity index (χ3n) is 1.35. The summed E-state index contributed by atoms with van der Waals surface area (Å²) in [5.74, 6) is -0.930. The molecule has 1 aromatic rings. The standard InChI is InChI=1S/C7H7N3O4/c11-7(12)3-1-2-5-8-4-6(9-5)10(13)14/h1-2,4H,3H2,(H,8,9)(H,11,12). The summed E-state index contributed by atoms with van der Waals surface area (Å²) < 4.78 is 0. The van der Waals surface area contributed by atoms with Gasteiger partial charge < -0.3 is 15.2 Å². The van der Waals surface area contributed by atoms with Gasteiger partial charge in [0.2, 0.25) is 5.82 Å². The van der Waals surface area contributed by atoms with Crippen LogP contribution in [0.4, 0.5) is 5.82 Å². The Hall–Kier alpha value is -2.18. The van der Waals surface area contributed by atoms with E-state index in [1.165, 1.54) is 12.2 Å². The lowest BCUT2D eigenvalue weighted by Gasteiger charge is -1.85. The lowest BCUT2D eigenvalue weighted by molar-refractivity contribution is -0.389. The zero-order valence-electron chi connectivity index (χ0n) is 7.01. The molecule has 0 spiro atoms. The smallest absolute Gasteiger partial charge is 0.340 e. The Balaban J connectivity index is 2.64. The van der Waals surface area contributed by atoms with Crippen molar-refractivity contribution in [3.05, 3.63) is 28.2 Å². The van der Waals surface area contributed by atoms with Gasteiger partial charge in [-0.25, -0.2) is 9.97 Å². The Kier molecular flexibility index (Phi) is 2.95. The quantitative estimate of drug-likeness (QED) is 0.548. The highest BCUT2D eigenvalue weighted by molar-refractivity contribution is 5.70. The van der Waals surface area contributed by atoms with Crippen LogP contribution in [0.5, 0.6) is 0 Å². The zero-order valence-corrected chi connectivity index (χ0v) is 7.01. The molecule has 0 aliphatic carbocycles. The van der Waals surface area contributed by atoms with Gasteiger partial charge in [0.25, 0.3) is 0 Å². The average molecular weight is 197 g/mol. The van der Waals surface area contributed by atoms with Crippen molar-refractivity contribution in [1.82, 2.24) is 9.97 Å². The average Bonchev–Trinajstić information content (AvgIpc) is 2.52. The van der Waals surface area contributed by atoms with Crippen LogP contribution in [0.2, 0.25) is 0 Å².